The van der Waals surface area contributed by atoms with Crippen molar-refractivity contribution in [3.63, 3.8) is 0 Å². The van der Waals surface area contributed by atoms with E-state index >= 15 is 0 Å². The van der Waals surface area contributed by atoms with Gasteiger partial charge in [0.05, 0.1) is 24.2 Å². The third kappa shape index (κ3) is 4.07. The van der Waals surface area contributed by atoms with Crippen LogP contribution in [0.4, 0.5) is 0 Å². The summed E-state index contributed by atoms with van der Waals surface area (Å²) in [7, 11) is -1.57. The lowest BCUT2D eigenvalue weighted by atomic mass is 9.98. The molecule has 150 valence electrons. The van der Waals surface area contributed by atoms with Crippen LogP contribution in [0.15, 0.2) is 41.3 Å². The van der Waals surface area contributed by atoms with E-state index in [-0.39, 0.29) is 17.5 Å². The van der Waals surface area contributed by atoms with Crippen LogP contribution in [0.1, 0.15) is 11.1 Å². The highest BCUT2D eigenvalue weighted by atomic mass is 32.2. The van der Waals surface area contributed by atoms with Crippen LogP contribution in [0, 0.1) is 6.92 Å². The van der Waals surface area contributed by atoms with Crippen molar-refractivity contribution >= 4 is 10.0 Å². The number of hydrogen-bond donors (Lipinski definition) is 1. The summed E-state index contributed by atoms with van der Waals surface area (Å²) in [6, 6.07) is 11.4. The van der Waals surface area contributed by atoms with Crippen molar-refractivity contribution in [2.75, 3.05) is 39.9 Å². The predicted octanol–water partition coefficient (Wildman–Crippen LogP) is 2.21. The van der Waals surface area contributed by atoms with Crippen molar-refractivity contribution in [1.82, 2.24) is 9.62 Å². The van der Waals surface area contributed by atoms with Crippen molar-refractivity contribution in [2.45, 2.75) is 24.3 Å². The molecule has 0 aliphatic carbocycles. The van der Waals surface area contributed by atoms with Gasteiger partial charge in [-0.2, -0.15) is 0 Å². The number of ether oxygens (including phenoxy) is 2. The third-order valence-corrected chi connectivity index (χ3v) is 6.77. The molecule has 0 aromatic heterocycles. The van der Waals surface area contributed by atoms with E-state index in [2.05, 4.69) is 15.7 Å². The van der Waals surface area contributed by atoms with Crippen molar-refractivity contribution in [1.29, 1.82) is 0 Å². The molecular formula is C21H26N2O4S. The fourth-order valence-electron chi connectivity index (χ4n) is 3.76. The zero-order chi connectivity index (χ0) is 19.7. The van der Waals surface area contributed by atoms with Gasteiger partial charge < -0.3 is 14.4 Å². The summed E-state index contributed by atoms with van der Waals surface area (Å²) < 4.78 is 39.3. The van der Waals surface area contributed by atoms with Crippen molar-refractivity contribution in [3.05, 3.63) is 47.5 Å². The van der Waals surface area contributed by atoms with Gasteiger partial charge >= 0.3 is 0 Å². The lowest BCUT2D eigenvalue weighted by molar-refractivity contribution is -0.0156. The largest absolute Gasteiger partial charge is 0.493 e. The molecule has 1 N–H and O–H groups in total. The summed E-state index contributed by atoms with van der Waals surface area (Å²) in [5.41, 5.74) is 4.24. The molecule has 1 unspecified atom stereocenters. The predicted molar refractivity (Wildman–Crippen MR) is 108 cm³/mol. The van der Waals surface area contributed by atoms with E-state index in [0.717, 1.165) is 48.6 Å². The standard InChI is InChI=1S/C21H26N2O4S/c1-15-11-19(28(24,25)22-13-18-14-23(2)8-10-26-18)4-5-20(15)16-3-6-21-17(12-16)7-9-27-21/h3-6,11-12,18,22H,7-10,13-14H2,1-2H3. The molecular weight excluding hydrogens is 376 g/mol. The highest BCUT2D eigenvalue weighted by Crippen LogP contribution is 2.32. The maximum Gasteiger partial charge on any atom is 0.240 e. The molecule has 1 fully saturated rings. The zero-order valence-corrected chi connectivity index (χ0v) is 17.1. The molecule has 2 heterocycles. The first-order valence-electron chi connectivity index (χ1n) is 9.59. The number of sulfonamides is 1. The molecule has 1 saturated heterocycles. The van der Waals surface area contributed by atoms with Crippen LogP contribution in [0.25, 0.3) is 11.1 Å². The summed E-state index contributed by atoms with van der Waals surface area (Å²) in [5.74, 6) is 0.945. The van der Waals surface area contributed by atoms with Gasteiger partial charge in [-0.3, -0.25) is 0 Å². The molecule has 6 nitrogen and oxygen atoms in total. The van der Waals surface area contributed by atoms with Gasteiger partial charge in [-0.15, -0.1) is 0 Å². The number of fused-ring (bicyclic) bond motifs is 1. The first-order chi connectivity index (χ1) is 13.4. The number of benzene rings is 2. The molecule has 0 bridgehead atoms. The molecule has 2 aromatic rings. The normalized spacial score (nSPS) is 20.0. The van der Waals surface area contributed by atoms with Gasteiger partial charge in [-0.25, -0.2) is 13.1 Å². The van der Waals surface area contributed by atoms with Gasteiger partial charge in [-0.05, 0) is 60.5 Å². The number of nitrogens with one attached hydrogen (secondary N) is 1. The Labute approximate surface area is 166 Å². The number of nitrogens with zero attached hydrogens (tertiary/aromatic N) is 1. The number of hydrogen-bond acceptors (Lipinski definition) is 5. The summed E-state index contributed by atoms with van der Waals surface area (Å²) in [5, 5.41) is 0. The molecule has 1 atom stereocenters. The fraction of sp³-hybridized carbons (Fsp3) is 0.429. The lowest BCUT2D eigenvalue weighted by Gasteiger charge is -2.30. The maximum atomic E-state index is 12.7. The summed E-state index contributed by atoms with van der Waals surface area (Å²) in [6.45, 7) is 5.17. The molecule has 2 aliphatic heterocycles. The Morgan fingerprint density at radius 1 is 1.18 bits per heavy atom. The van der Waals surface area contributed by atoms with Crippen LogP contribution >= 0.6 is 0 Å². The van der Waals surface area contributed by atoms with Crippen molar-refractivity contribution < 1.29 is 17.9 Å². The first-order valence-corrected chi connectivity index (χ1v) is 11.1. The van der Waals surface area contributed by atoms with E-state index in [1.165, 1.54) is 5.56 Å². The minimum Gasteiger partial charge on any atom is -0.493 e. The number of morpholine rings is 1. The minimum absolute atomic E-state index is 0.123. The molecule has 4 rings (SSSR count). The lowest BCUT2D eigenvalue weighted by Crippen LogP contribution is -2.45. The number of aryl methyl sites for hydroxylation is 1. The minimum atomic E-state index is -3.58. The second kappa shape index (κ2) is 7.83. The Morgan fingerprint density at radius 3 is 2.82 bits per heavy atom. The molecule has 0 amide bonds. The molecule has 0 radical (unpaired) electrons. The Hall–Kier alpha value is -1.93. The van der Waals surface area contributed by atoms with Crippen LogP contribution < -0.4 is 9.46 Å². The first kappa shape index (κ1) is 19.4. The van der Waals surface area contributed by atoms with Crippen LogP contribution in [0.3, 0.4) is 0 Å². The summed E-state index contributed by atoms with van der Waals surface area (Å²) >= 11 is 0. The van der Waals surface area contributed by atoms with E-state index in [1.807, 2.05) is 32.2 Å². The van der Waals surface area contributed by atoms with Gasteiger partial charge in [0.25, 0.3) is 0 Å². The average molecular weight is 403 g/mol. The summed E-state index contributed by atoms with van der Waals surface area (Å²) in [6.07, 6.45) is 0.791. The molecule has 7 heteroatoms. The van der Waals surface area contributed by atoms with Gasteiger partial charge in [0.1, 0.15) is 5.75 Å². The monoisotopic (exact) mass is 402 g/mol. The number of rotatable bonds is 5. The molecule has 28 heavy (non-hydrogen) atoms. The summed E-state index contributed by atoms with van der Waals surface area (Å²) in [4.78, 5) is 2.42. The highest BCUT2D eigenvalue weighted by Gasteiger charge is 2.22. The van der Waals surface area contributed by atoms with Gasteiger partial charge in [-0.1, -0.05) is 12.1 Å². The number of likely N-dealkylation sites (N-methyl/N-ethyl adjacent to an activating group) is 1. The van der Waals surface area contributed by atoms with Crippen LogP contribution in [0.2, 0.25) is 0 Å². The van der Waals surface area contributed by atoms with Crippen LogP contribution in [0.5, 0.6) is 5.75 Å². The fourth-order valence-corrected chi connectivity index (χ4v) is 4.91. The highest BCUT2D eigenvalue weighted by molar-refractivity contribution is 7.89. The molecule has 0 saturated carbocycles. The van der Waals surface area contributed by atoms with E-state index in [9.17, 15) is 8.42 Å². The molecule has 2 aliphatic rings. The second-order valence-corrected chi connectivity index (χ2v) is 9.27. The SMILES string of the molecule is Cc1cc(S(=O)(=O)NCC2CN(C)CCO2)ccc1-c1ccc2c(c1)CCO2. The van der Waals surface area contributed by atoms with Gasteiger partial charge in [0.2, 0.25) is 10.0 Å². The van der Waals surface area contributed by atoms with Gasteiger partial charge in [0.15, 0.2) is 0 Å². The quantitative estimate of drug-likeness (QED) is 0.831. The Balaban J connectivity index is 1.50. The van der Waals surface area contributed by atoms with Crippen molar-refractivity contribution in [2.24, 2.45) is 0 Å². The topological polar surface area (TPSA) is 67.9 Å². The Morgan fingerprint density at radius 2 is 2.04 bits per heavy atom. The maximum absolute atomic E-state index is 12.7. The Bertz CT molecular complexity index is 974. The van der Waals surface area contributed by atoms with E-state index in [1.54, 1.807) is 12.1 Å². The van der Waals surface area contributed by atoms with Crippen LogP contribution in [-0.4, -0.2) is 59.3 Å². The van der Waals surface area contributed by atoms with E-state index in [4.69, 9.17) is 9.47 Å². The Kier molecular flexibility index (Phi) is 5.42. The van der Waals surface area contributed by atoms with E-state index < -0.39 is 10.0 Å². The second-order valence-electron chi connectivity index (χ2n) is 7.50. The average Bonchev–Trinajstić information content (AvgIpc) is 3.14. The zero-order valence-electron chi connectivity index (χ0n) is 16.3. The third-order valence-electron chi connectivity index (χ3n) is 5.35. The van der Waals surface area contributed by atoms with Gasteiger partial charge in [0, 0.05) is 26.1 Å². The van der Waals surface area contributed by atoms with E-state index in [0.29, 0.717) is 6.61 Å². The molecule has 0 spiro atoms. The van der Waals surface area contributed by atoms with Crippen LogP contribution in [-0.2, 0) is 21.2 Å². The smallest absolute Gasteiger partial charge is 0.240 e. The van der Waals surface area contributed by atoms with Crippen molar-refractivity contribution in [3.8, 4) is 16.9 Å². The molecule has 2 aromatic carbocycles.